The second-order valence-corrected chi connectivity index (χ2v) is 5.47. The van der Waals surface area contributed by atoms with Crippen LogP contribution in [0.15, 0.2) is 48.5 Å². The van der Waals surface area contributed by atoms with E-state index in [0.717, 1.165) is 5.69 Å². The van der Waals surface area contributed by atoms with Crippen LogP contribution in [-0.2, 0) is 9.59 Å². The molecule has 2 aromatic rings. The molecule has 1 unspecified atom stereocenters. The minimum atomic E-state index is -0.441. The molecule has 2 amide bonds. The molecule has 1 atom stereocenters. The molecule has 1 aliphatic rings. The zero-order valence-electron chi connectivity index (χ0n) is 12.4. The lowest BCUT2D eigenvalue weighted by Gasteiger charge is -2.16. The molecule has 0 aromatic heterocycles. The molecule has 4 N–H and O–H groups in total. The van der Waals surface area contributed by atoms with E-state index in [0.29, 0.717) is 23.7 Å². The van der Waals surface area contributed by atoms with E-state index in [2.05, 4.69) is 0 Å². The SMILES string of the molecule is NC(=O)C1CC(=O)N(c2ccc(Oc3ccc(N)cc3)cc2)C1. The molecule has 0 aliphatic carbocycles. The first-order valence-electron chi connectivity index (χ1n) is 7.26. The number of carbonyl (C=O) groups is 2. The van der Waals surface area contributed by atoms with Crippen LogP contribution >= 0.6 is 0 Å². The smallest absolute Gasteiger partial charge is 0.227 e. The van der Waals surface area contributed by atoms with Crippen LogP contribution in [0, 0.1) is 5.92 Å². The summed E-state index contributed by atoms with van der Waals surface area (Å²) in [7, 11) is 0. The van der Waals surface area contributed by atoms with Gasteiger partial charge in [-0.3, -0.25) is 9.59 Å². The predicted molar refractivity (Wildman–Crippen MR) is 87.0 cm³/mol. The van der Waals surface area contributed by atoms with E-state index >= 15 is 0 Å². The van der Waals surface area contributed by atoms with Crippen molar-refractivity contribution >= 4 is 23.2 Å². The topological polar surface area (TPSA) is 98.7 Å². The van der Waals surface area contributed by atoms with Gasteiger partial charge in [0.25, 0.3) is 0 Å². The van der Waals surface area contributed by atoms with Crippen LogP contribution in [-0.4, -0.2) is 18.4 Å². The van der Waals surface area contributed by atoms with Gasteiger partial charge in [0.15, 0.2) is 0 Å². The van der Waals surface area contributed by atoms with Crippen molar-refractivity contribution in [2.45, 2.75) is 6.42 Å². The van der Waals surface area contributed by atoms with E-state index in [9.17, 15) is 9.59 Å². The van der Waals surface area contributed by atoms with Gasteiger partial charge in [-0.1, -0.05) is 0 Å². The fraction of sp³-hybridized carbons (Fsp3) is 0.176. The Hall–Kier alpha value is -3.02. The minimum absolute atomic E-state index is 0.0963. The highest BCUT2D eigenvalue weighted by Gasteiger charge is 2.33. The molecule has 1 aliphatic heterocycles. The van der Waals surface area contributed by atoms with Gasteiger partial charge in [-0.05, 0) is 48.5 Å². The molecule has 0 spiro atoms. The number of ether oxygens (including phenoxy) is 1. The maximum Gasteiger partial charge on any atom is 0.227 e. The zero-order chi connectivity index (χ0) is 16.4. The minimum Gasteiger partial charge on any atom is -0.457 e. The summed E-state index contributed by atoms with van der Waals surface area (Å²) in [6.07, 6.45) is 0.166. The van der Waals surface area contributed by atoms with Crippen molar-refractivity contribution in [2.75, 3.05) is 17.2 Å². The summed E-state index contributed by atoms with van der Waals surface area (Å²) in [6.45, 7) is 0.326. The van der Waals surface area contributed by atoms with Crippen molar-refractivity contribution < 1.29 is 14.3 Å². The van der Waals surface area contributed by atoms with Crippen LogP contribution in [0.3, 0.4) is 0 Å². The first-order valence-corrected chi connectivity index (χ1v) is 7.26. The number of nitrogens with two attached hydrogens (primary N) is 2. The zero-order valence-corrected chi connectivity index (χ0v) is 12.4. The number of carbonyl (C=O) groups excluding carboxylic acids is 2. The summed E-state index contributed by atoms with van der Waals surface area (Å²) in [4.78, 5) is 24.8. The van der Waals surface area contributed by atoms with E-state index in [1.165, 1.54) is 0 Å². The second-order valence-electron chi connectivity index (χ2n) is 5.47. The van der Waals surface area contributed by atoms with E-state index in [4.69, 9.17) is 16.2 Å². The molecular weight excluding hydrogens is 294 g/mol. The molecule has 0 radical (unpaired) electrons. The Bertz CT molecular complexity index is 726. The van der Waals surface area contributed by atoms with Gasteiger partial charge in [0.2, 0.25) is 11.8 Å². The molecular formula is C17H17N3O3. The number of anilines is 2. The van der Waals surface area contributed by atoms with Crippen LogP contribution in [0.1, 0.15) is 6.42 Å². The van der Waals surface area contributed by atoms with Crippen LogP contribution < -0.4 is 21.1 Å². The molecule has 6 heteroatoms. The summed E-state index contributed by atoms with van der Waals surface area (Å²) < 4.78 is 5.70. The van der Waals surface area contributed by atoms with Crippen molar-refractivity contribution in [2.24, 2.45) is 11.7 Å². The Kier molecular flexibility index (Phi) is 3.89. The normalized spacial score (nSPS) is 17.3. The molecule has 0 saturated carbocycles. The first-order chi connectivity index (χ1) is 11.0. The van der Waals surface area contributed by atoms with Gasteiger partial charge in [-0.15, -0.1) is 0 Å². The van der Waals surface area contributed by atoms with Gasteiger partial charge in [0, 0.05) is 24.3 Å². The van der Waals surface area contributed by atoms with Gasteiger partial charge in [0.05, 0.1) is 5.92 Å². The van der Waals surface area contributed by atoms with Crippen LogP contribution in [0.2, 0.25) is 0 Å². The second kappa shape index (κ2) is 6.00. The molecule has 23 heavy (non-hydrogen) atoms. The molecule has 6 nitrogen and oxygen atoms in total. The Morgan fingerprint density at radius 2 is 1.61 bits per heavy atom. The Labute approximate surface area is 133 Å². The van der Waals surface area contributed by atoms with Crippen LogP contribution in [0.25, 0.3) is 0 Å². The van der Waals surface area contributed by atoms with Crippen LogP contribution in [0.4, 0.5) is 11.4 Å². The highest BCUT2D eigenvalue weighted by molar-refractivity contribution is 6.00. The molecule has 1 heterocycles. The lowest BCUT2D eigenvalue weighted by Crippen LogP contribution is -2.28. The monoisotopic (exact) mass is 311 g/mol. The average molecular weight is 311 g/mol. The van der Waals surface area contributed by atoms with E-state index < -0.39 is 11.8 Å². The average Bonchev–Trinajstić information content (AvgIpc) is 2.93. The molecule has 118 valence electrons. The van der Waals surface area contributed by atoms with E-state index in [-0.39, 0.29) is 12.3 Å². The molecule has 1 saturated heterocycles. The Morgan fingerprint density at radius 1 is 1.04 bits per heavy atom. The van der Waals surface area contributed by atoms with Crippen molar-refractivity contribution in [1.82, 2.24) is 0 Å². The molecule has 3 rings (SSSR count). The lowest BCUT2D eigenvalue weighted by molar-refractivity contribution is -0.123. The number of hydrogen-bond donors (Lipinski definition) is 2. The fourth-order valence-corrected chi connectivity index (χ4v) is 2.51. The molecule has 1 fully saturated rings. The van der Waals surface area contributed by atoms with Gasteiger partial charge in [0.1, 0.15) is 11.5 Å². The summed E-state index contributed by atoms with van der Waals surface area (Å²) in [5.74, 6) is 0.368. The predicted octanol–water partition coefficient (Wildman–Crippen LogP) is 1.90. The third kappa shape index (κ3) is 3.26. The van der Waals surface area contributed by atoms with Gasteiger partial charge in [-0.25, -0.2) is 0 Å². The van der Waals surface area contributed by atoms with Gasteiger partial charge >= 0.3 is 0 Å². The van der Waals surface area contributed by atoms with E-state index in [1.54, 1.807) is 53.4 Å². The maximum absolute atomic E-state index is 12.0. The number of benzene rings is 2. The summed E-state index contributed by atoms with van der Waals surface area (Å²) >= 11 is 0. The maximum atomic E-state index is 12.0. The largest absolute Gasteiger partial charge is 0.457 e. The number of hydrogen-bond acceptors (Lipinski definition) is 4. The van der Waals surface area contributed by atoms with Crippen molar-refractivity contribution in [3.8, 4) is 11.5 Å². The number of primary amides is 1. The number of rotatable bonds is 4. The highest BCUT2D eigenvalue weighted by atomic mass is 16.5. The Morgan fingerprint density at radius 3 is 2.13 bits per heavy atom. The van der Waals surface area contributed by atoms with Gasteiger partial charge in [-0.2, -0.15) is 0 Å². The van der Waals surface area contributed by atoms with Crippen LogP contribution in [0.5, 0.6) is 11.5 Å². The fourth-order valence-electron chi connectivity index (χ4n) is 2.51. The number of nitrogen functional groups attached to an aromatic ring is 1. The first kappa shape index (κ1) is 14.9. The summed E-state index contributed by atoms with van der Waals surface area (Å²) in [5, 5.41) is 0. The van der Waals surface area contributed by atoms with E-state index in [1.807, 2.05) is 0 Å². The summed E-state index contributed by atoms with van der Waals surface area (Å²) in [6, 6.07) is 14.2. The third-order valence-electron chi connectivity index (χ3n) is 3.79. The van der Waals surface area contributed by atoms with Crippen molar-refractivity contribution in [1.29, 1.82) is 0 Å². The molecule has 2 aromatic carbocycles. The standard InChI is InChI=1S/C17H17N3O3/c18-12-1-5-14(6-2-12)23-15-7-3-13(4-8-15)20-10-11(17(19)22)9-16(20)21/h1-8,11H,9-10,18H2,(H2,19,22). The van der Waals surface area contributed by atoms with Crippen molar-refractivity contribution in [3.05, 3.63) is 48.5 Å². The number of nitrogens with zero attached hydrogens (tertiary/aromatic N) is 1. The number of amides is 2. The van der Waals surface area contributed by atoms with Gasteiger partial charge < -0.3 is 21.1 Å². The Balaban J connectivity index is 1.71. The molecule has 0 bridgehead atoms. The van der Waals surface area contributed by atoms with Crippen molar-refractivity contribution in [3.63, 3.8) is 0 Å². The third-order valence-corrected chi connectivity index (χ3v) is 3.79. The quantitative estimate of drug-likeness (QED) is 0.842. The lowest BCUT2D eigenvalue weighted by atomic mass is 10.1. The summed E-state index contributed by atoms with van der Waals surface area (Å²) in [5.41, 5.74) is 12.3. The highest BCUT2D eigenvalue weighted by Crippen LogP contribution is 2.28.